The van der Waals surface area contributed by atoms with Crippen molar-refractivity contribution in [1.82, 2.24) is 4.98 Å². The van der Waals surface area contributed by atoms with Gasteiger partial charge in [-0.05, 0) is 78.0 Å². The fraction of sp³-hybridized carbons (Fsp3) is 0.400. The van der Waals surface area contributed by atoms with Crippen molar-refractivity contribution in [2.24, 2.45) is 11.8 Å². The van der Waals surface area contributed by atoms with E-state index in [9.17, 15) is 14.3 Å². The van der Waals surface area contributed by atoms with Crippen LogP contribution in [-0.2, 0) is 22.6 Å². The molecular weight excluding hydrogens is 473 g/mol. The predicted molar refractivity (Wildman–Crippen MR) is 137 cm³/mol. The number of methoxy groups -OCH3 is 2. The van der Waals surface area contributed by atoms with Crippen LogP contribution in [0.3, 0.4) is 0 Å². The fourth-order valence-electron chi connectivity index (χ4n) is 5.49. The summed E-state index contributed by atoms with van der Waals surface area (Å²) >= 11 is 0. The Morgan fingerprint density at radius 3 is 2.65 bits per heavy atom. The van der Waals surface area contributed by atoms with E-state index in [2.05, 4.69) is 23.2 Å². The second-order valence-electron chi connectivity index (χ2n) is 9.95. The molecule has 1 aromatic heterocycles. The molecule has 194 valence electrons. The lowest BCUT2D eigenvalue weighted by molar-refractivity contribution is -0.145. The molecule has 2 heterocycles. The van der Waals surface area contributed by atoms with Gasteiger partial charge in [-0.3, -0.25) is 4.79 Å². The smallest absolute Gasteiger partial charge is 0.309 e. The molecule has 0 bridgehead atoms. The number of carbonyl (C=O) groups excluding carboxylic acids is 1. The number of benzene rings is 2. The van der Waals surface area contributed by atoms with Gasteiger partial charge in [-0.2, -0.15) is 0 Å². The molecule has 1 saturated carbocycles. The highest BCUT2D eigenvalue weighted by Gasteiger charge is 2.39. The van der Waals surface area contributed by atoms with Crippen molar-refractivity contribution in [1.29, 1.82) is 0 Å². The van der Waals surface area contributed by atoms with Gasteiger partial charge in [-0.1, -0.05) is 31.2 Å². The van der Waals surface area contributed by atoms with Crippen LogP contribution in [0.4, 0.5) is 4.39 Å². The molecule has 3 atom stereocenters. The highest BCUT2D eigenvalue weighted by atomic mass is 19.1. The van der Waals surface area contributed by atoms with Crippen LogP contribution in [-0.4, -0.2) is 30.3 Å². The van der Waals surface area contributed by atoms with Crippen molar-refractivity contribution in [3.63, 3.8) is 0 Å². The maximum Gasteiger partial charge on any atom is 0.309 e. The first-order valence-corrected chi connectivity index (χ1v) is 12.7. The topological polar surface area (TPSA) is 77.9 Å². The SMILES string of the molecule is COC(=O)[C@@H](C)[C@H](c1ccc2c(c1)OC(c1ccc(-c3nc(OC)ccc3F)c(CO)c1)CC2)C1CC1. The maximum absolute atomic E-state index is 14.6. The van der Waals surface area contributed by atoms with Crippen molar-refractivity contribution in [3.05, 3.63) is 76.6 Å². The molecule has 0 spiro atoms. The first-order chi connectivity index (χ1) is 17.9. The van der Waals surface area contributed by atoms with Crippen molar-refractivity contribution in [2.75, 3.05) is 14.2 Å². The Hall–Kier alpha value is -3.45. The van der Waals surface area contributed by atoms with E-state index >= 15 is 0 Å². The Labute approximate surface area is 216 Å². The standard InChI is InChI=1S/C30H32FNO5/c1-17(30(34)36-3)28(19-5-6-19)21-7-4-18-9-12-25(37-26(18)15-21)20-8-10-23(22(14-20)16-33)29-24(31)11-13-27(32-29)35-2/h4,7-8,10-11,13-15,17,19,25,28,33H,5-6,9,12,16H2,1-3H3/t17-,25?,28-/m0/s1. The van der Waals surface area contributed by atoms with Crippen molar-refractivity contribution in [2.45, 2.75) is 51.2 Å². The third-order valence-electron chi connectivity index (χ3n) is 7.62. The number of aliphatic hydroxyl groups excluding tert-OH is 1. The quantitative estimate of drug-likeness (QED) is 0.393. The molecule has 1 N–H and O–H groups in total. The molecule has 1 aliphatic heterocycles. The molecule has 1 fully saturated rings. The summed E-state index contributed by atoms with van der Waals surface area (Å²) in [5, 5.41) is 10.1. The second-order valence-corrected chi connectivity index (χ2v) is 9.95. The molecule has 5 rings (SSSR count). The lowest BCUT2D eigenvalue weighted by Crippen LogP contribution is -2.23. The van der Waals surface area contributed by atoms with E-state index in [0.717, 1.165) is 48.1 Å². The summed E-state index contributed by atoms with van der Waals surface area (Å²) in [5.41, 5.74) is 4.38. The first-order valence-electron chi connectivity index (χ1n) is 12.7. The zero-order valence-corrected chi connectivity index (χ0v) is 21.4. The van der Waals surface area contributed by atoms with E-state index in [1.165, 1.54) is 26.4 Å². The molecule has 2 aliphatic rings. The minimum absolute atomic E-state index is 0.104. The van der Waals surface area contributed by atoms with Crippen LogP contribution in [0.15, 0.2) is 48.5 Å². The number of rotatable bonds is 8. The Morgan fingerprint density at radius 1 is 1.14 bits per heavy atom. The van der Waals surface area contributed by atoms with Crippen LogP contribution in [0.1, 0.15) is 60.5 Å². The van der Waals surface area contributed by atoms with E-state index in [4.69, 9.17) is 14.2 Å². The summed E-state index contributed by atoms with van der Waals surface area (Å²) < 4.78 is 31.2. The molecule has 0 radical (unpaired) electrons. The Bertz CT molecular complexity index is 1310. The molecule has 1 unspecified atom stereocenters. The minimum Gasteiger partial charge on any atom is -0.485 e. The van der Waals surface area contributed by atoms with Gasteiger partial charge in [0.25, 0.3) is 0 Å². The number of carbonyl (C=O) groups is 1. The van der Waals surface area contributed by atoms with Gasteiger partial charge in [0, 0.05) is 11.6 Å². The molecule has 0 saturated heterocycles. The van der Waals surface area contributed by atoms with Crippen molar-refractivity contribution in [3.8, 4) is 22.9 Å². The van der Waals surface area contributed by atoms with E-state index in [0.29, 0.717) is 22.9 Å². The van der Waals surface area contributed by atoms with Crippen LogP contribution < -0.4 is 9.47 Å². The third kappa shape index (κ3) is 5.05. The summed E-state index contributed by atoms with van der Waals surface area (Å²) in [6, 6.07) is 14.6. The average molecular weight is 506 g/mol. The monoisotopic (exact) mass is 505 g/mol. The van der Waals surface area contributed by atoms with Gasteiger partial charge in [0.2, 0.25) is 5.88 Å². The highest BCUT2D eigenvalue weighted by molar-refractivity contribution is 5.73. The number of esters is 1. The normalized spacial score (nSPS) is 18.4. The van der Waals surface area contributed by atoms with E-state index in [1.54, 1.807) is 6.07 Å². The number of aromatic nitrogens is 1. The highest BCUT2D eigenvalue weighted by Crippen LogP contribution is 2.48. The molecule has 6 nitrogen and oxygen atoms in total. The Kier molecular flexibility index (Phi) is 7.15. The third-order valence-corrected chi connectivity index (χ3v) is 7.62. The molecule has 3 aromatic rings. The number of aliphatic hydroxyl groups is 1. The van der Waals surface area contributed by atoms with Gasteiger partial charge in [0.05, 0.1) is 26.7 Å². The molecule has 1 aliphatic carbocycles. The fourth-order valence-corrected chi connectivity index (χ4v) is 5.49. The molecule has 7 heteroatoms. The summed E-state index contributed by atoms with van der Waals surface area (Å²) in [7, 11) is 2.92. The van der Waals surface area contributed by atoms with Gasteiger partial charge in [0.1, 0.15) is 23.4 Å². The number of aryl methyl sites for hydroxylation is 1. The van der Waals surface area contributed by atoms with E-state index < -0.39 is 5.82 Å². The molecule has 37 heavy (non-hydrogen) atoms. The van der Waals surface area contributed by atoms with Gasteiger partial charge < -0.3 is 19.3 Å². The average Bonchev–Trinajstić information content (AvgIpc) is 3.77. The summed E-state index contributed by atoms with van der Waals surface area (Å²) in [5.74, 6) is 0.825. The number of fused-ring (bicyclic) bond motifs is 1. The van der Waals surface area contributed by atoms with Gasteiger partial charge in [-0.25, -0.2) is 9.37 Å². The van der Waals surface area contributed by atoms with Crippen LogP contribution in [0.2, 0.25) is 0 Å². The number of halogens is 1. The van der Waals surface area contributed by atoms with Crippen LogP contribution in [0.5, 0.6) is 11.6 Å². The largest absolute Gasteiger partial charge is 0.485 e. The number of pyridine rings is 1. The van der Waals surface area contributed by atoms with Gasteiger partial charge in [0.15, 0.2) is 0 Å². The molecular formula is C30H32FNO5. The number of ether oxygens (including phenoxy) is 3. The molecule has 0 amide bonds. The summed E-state index contributed by atoms with van der Waals surface area (Å²) in [6.45, 7) is 1.68. The van der Waals surface area contributed by atoms with E-state index in [-0.39, 0.29) is 36.2 Å². The van der Waals surface area contributed by atoms with Crippen LogP contribution >= 0.6 is 0 Å². The predicted octanol–water partition coefficient (Wildman–Crippen LogP) is 5.76. The van der Waals surface area contributed by atoms with Gasteiger partial charge >= 0.3 is 5.97 Å². The lowest BCUT2D eigenvalue weighted by Gasteiger charge is -2.29. The minimum atomic E-state index is -0.481. The summed E-state index contributed by atoms with van der Waals surface area (Å²) in [6.07, 6.45) is 3.66. The van der Waals surface area contributed by atoms with Crippen LogP contribution in [0, 0.1) is 17.7 Å². The number of nitrogens with zero attached hydrogens (tertiary/aromatic N) is 1. The Balaban J connectivity index is 1.42. The zero-order valence-electron chi connectivity index (χ0n) is 21.4. The summed E-state index contributed by atoms with van der Waals surface area (Å²) in [4.78, 5) is 16.6. The second kappa shape index (κ2) is 10.5. The van der Waals surface area contributed by atoms with Gasteiger partial charge in [-0.15, -0.1) is 0 Å². The van der Waals surface area contributed by atoms with Crippen LogP contribution in [0.25, 0.3) is 11.3 Å². The molecule has 2 aromatic carbocycles. The van der Waals surface area contributed by atoms with Crippen molar-refractivity contribution >= 4 is 5.97 Å². The number of hydrogen-bond acceptors (Lipinski definition) is 6. The zero-order chi connectivity index (χ0) is 26.1. The number of hydrogen-bond donors (Lipinski definition) is 1. The lowest BCUT2D eigenvalue weighted by atomic mass is 9.82. The van der Waals surface area contributed by atoms with E-state index in [1.807, 2.05) is 19.1 Å². The van der Waals surface area contributed by atoms with Crippen molar-refractivity contribution < 1.29 is 28.5 Å². The first kappa shape index (κ1) is 25.2. The Morgan fingerprint density at radius 2 is 1.95 bits per heavy atom. The maximum atomic E-state index is 14.6.